The number of hydrogen-bond acceptors (Lipinski definition) is 7. The fourth-order valence-electron chi connectivity index (χ4n) is 3.33. The number of amides is 1. The lowest BCUT2D eigenvalue weighted by Gasteiger charge is -2.24. The Labute approximate surface area is 215 Å². The molecule has 37 heavy (non-hydrogen) atoms. The molecular formula is C24H26FN3O7S2. The molecular weight excluding hydrogens is 525 g/mol. The first-order valence-electron chi connectivity index (χ1n) is 10.7. The fourth-order valence-corrected chi connectivity index (χ4v) is 5.26. The number of nitrogens with one attached hydrogen (secondary N) is 1. The van der Waals surface area contributed by atoms with Gasteiger partial charge in [-0.05, 0) is 54.6 Å². The van der Waals surface area contributed by atoms with E-state index in [4.69, 9.17) is 9.47 Å². The van der Waals surface area contributed by atoms with E-state index in [1.165, 1.54) is 63.7 Å². The average Bonchev–Trinajstić information content (AvgIpc) is 2.86. The third-order valence-corrected chi connectivity index (χ3v) is 8.31. The molecule has 13 heteroatoms. The molecule has 0 fully saturated rings. The molecule has 0 unspecified atom stereocenters. The number of anilines is 3. The molecule has 198 valence electrons. The largest absolute Gasteiger partial charge is 0.493 e. The van der Waals surface area contributed by atoms with Crippen molar-refractivity contribution in [3.8, 4) is 11.5 Å². The van der Waals surface area contributed by atoms with Gasteiger partial charge in [-0.3, -0.25) is 13.4 Å². The van der Waals surface area contributed by atoms with E-state index < -0.39 is 38.3 Å². The van der Waals surface area contributed by atoms with Gasteiger partial charge in [-0.1, -0.05) is 6.07 Å². The van der Waals surface area contributed by atoms with Gasteiger partial charge in [0, 0.05) is 18.8 Å². The molecule has 0 aliphatic heterocycles. The number of halogens is 1. The molecule has 0 saturated carbocycles. The molecule has 0 aliphatic carbocycles. The highest BCUT2D eigenvalue weighted by Gasteiger charge is 2.28. The van der Waals surface area contributed by atoms with Crippen LogP contribution in [-0.4, -0.2) is 56.8 Å². The van der Waals surface area contributed by atoms with Crippen LogP contribution in [0.25, 0.3) is 0 Å². The molecule has 0 spiro atoms. The van der Waals surface area contributed by atoms with Gasteiger partial charge in [0.05, 0.1) is 36.7 Å². The number of hydrogen-bond donors (Lipinski definition) is 1. The Morgan fingerprint density at radius 3 is 2.14 bits per heavy atom. The average molecular weight is 552 g/mol. The number of carbonyl (C=O) groups excluding carboxylic acids is 1. The number of rotatable bonds is 10. The van der Waals surface area contributed by atoms with Crippen molar-refractivity contribution in [2.75, 3.05) is 48.0 Å². The lowest BCUT2D eigenvalue weighted by Crippen LogP contribution is -2.38. The lowest BCUT2D eigenvalue weighted by atomic mass is 10.2. The zero-order valence-electron chi connectivity index (χ0n) is 20.5. The quantitative estimate of drug-likeness (QED) is 0.411. The molecule has 0 saturated heterocycles. The second-order valence-corrected chi connectivity index (χ2v) is 11.7. The highest BCUT2D eigenvalue weighted by atomic mass is 32.2. The van der Waals surface area contributed by atoms with E-state index in [1.807, 2.05) is 0 Å². The Balaban J connectivity index is 1.96. The Bertz CT molecular complexity index is 1490. The summed E-state index contributed by atoms with van der Waals surface area (Å²) in [6, 6.07) is 14.7. The highest BCUT2D eigenvalue weighted by Crippen LogP contribution is 2.32. The maximum Gasteiger partial charge on any atom is 0.264 e. The topological polar surface area (TPSA) is 122 Å². The van der Waals surface area contributed by atoms with Crippen LogP contribution in [0.4, 0.5) is 21.5 Å². The van der Waals surface area contributed by atoms with Crippen LogP contribution in [0.15, 0.2) is 71.6 Å². The first-order chi connectivity index (χ1) is 17.4. The number of nitrogens with zero attached hydrogens (tertiary/aromatic N) is 2. The Morgan fingerprint density at radius 2 is 1.54 bits per heavy atom. The van der Waals surface area contributed by atoms with E-state index in [1.54, 1.807) is 12.1 Å². The van der Waals surface area contributed by atoms with E-state index >= 15 is 0 Å². The maximum atomic E-state index is 13.6. The third kappa shape index (κ3) is 6.49. The van der Waals surface area contributed by atoms with E-state index in [9.17, 15) is 26.0 Å². The van der Waals surface area contributed by atoms with E-state index in [2.05, 4.69) is 5.32 Å². The summed E-state index contributed by atoms with van der Waals surface area (Å²) in [6.07, 6.45) is 1.04. The summed E-state index contributed by atoms with van der Waals surface area (Å²) in [5.74, 6) is -0.818. The van der Waals surface area contributed by atoms with Gasteiger partial charge in [-0.2, -0.15) is 0 Å². The van der Waals surface area contributed by atoms with Gasteiger partial charge in [0.15, 0.2) is 11.5 Å². The van der Waals surface area contributed by atoms with Crippen LogP contribution in [0.5, 0.6) is 11.5 Å². The van der Waals surface area contributed by atoms with Crippen LogP contribution in [0.3, 0.4) is 0 Å². The first-order valence-corrected chi connectivity index (χ1v) is 14.0. The monoisotopic (exact) mass is 551 g/mol. The lowest BCUT2D eigenvalue weighted by molar-refractivity contribution is -0.114. The van der Waals surface area contributed by atoms with Crippen molar-refractivity contribution >= 4 is 43.0 Å². The van der Waals surface area contributed by atoms with Crippen LogP contribution in [-0.2, 0) is 24.8 Å². The van der Waals surface area contributed by atoms with Crippen molar-refractivity contribution in [3.05, 3.63) is 72.5 Å². The normalized spacial score (nSPS) is 11.5. The molecule has 0 atom stereocenters. The minimum Gasteiger partial charge on any atom is -0.493 e. The molecule has 1 amide bonds. The summed E-state index contributed by atoms with van der Waals surface area (Å²) < 4.78 is 76.7. The maximum absolute atomic E-state index is 13.6. The molecule has 1 N–H and O–H groups in total. The predicted octanol–water partition coefficient (Wildman–Crippen LogP) is 3.07. The number of ether oxygens (including phenoxy) is 2. The minimum atomic E-state index is -4.33. The first kappa shape index (κ1) is 27.7. The third-order valence-electron chi connectivity index (χ3n) is 5.34. The van der Waals surface area contributed by atoms with E-state index in [-0.39, 0.29) is 22.0 Å². The van der Waals surface area contributed by atoms with Crippen LogP contribution >= 0.6 is 0 Å². The number of methoxy groups -OCH3 is 2. The van der Waals surface area contributed by atoms with Crippen molar-refractivity contribution in [2.45, 2.75) is 4.90 Å². The van der Waals surface area contributed by atoms with Gasteiger partial charge in [0.2, 0.25) is 15.9 Å². The van der Waals surface area contributed by atoms with Crippen molar-refractivity contribution in [1.82, 2.24) is 0 Å². The summed E-state index contributed by atoms with van der Waals surface area (Å²) in [5, 5.41) is 2.58. The fraction of sp³-hybridized carbons (Fsp3) is 0.208. The molecule has 10 nitrogen and oxygen atoms in total. The molecule has 0 aromatic heterocycles. The molecule has 0 aliphatic rings. The second kappa shape index (κ2) is 11.0. The van der Waals surface area contributed by atoms with Gasteiger partial charge in [-0.25, -0.2) is 21.2 Å². The zero-order valence-corrected chi connectivity index (χ0v) is 22.1. The summed E-state index contributed by atoms with van der Waals surface area (Å²) in [5.41, 5.74) is 0.603. The van der Waals surface area contributed by atoms with Crippen LogP contribution in [0.2, 0.25) is 0 Å². The van der Waals surface area contributed by atoms with Gasteiger partial charge in [-0.15, -0.1) is 0 Å². The van der Waals surface area contributed by atoms with Crippen molar-refractivity contribution in [2.24, 2.45) is 0 Å². The van der Waals surface area contributed by atoms with Crippen molar-refractivity contribution < 1.29 is 35.5 Å². The van der Waals surface area contributed by atoms with E-state index in [0.29, 0.717) is 11.4 Å². The van der Waals surface area contributed by atoms with Gasteiger partial charge >= 0.3 is 0 Å². The number of benzene rings is 3. The van der Waals surface area contributed by atoms with Crippen LogP contribution in [0, 0.1) is 5.82 Å². The molecule has 0 bridgehead atoms. The van der Waals surface area contributed by atoms with Gasteiger partial charge < -0.3 is 14.8 Å². The molecule has 3 aromatic rings. The van der Waals surface area contributed by atoms with Crippen LogP contribution < -0.4 is 23.4 Å². The van der Waals surface area contributed by atoms with Crippen molar-refractivity contribution in [1.29, 1.82) is 0 Å². The Kier molecular flexibility index (Phi) is 8.28. The summed E-state index contributed by atoms with van der Waals surface area (Å²) in [6.45, 7) is -0.658. The Hall–Kier alpha value is -3.84. The SMILES string of the molecule is COc1ccc(S(=O)(=O)N(CC(=O)Nc2cccc(N(C)S(C)(=O)=O)c2)c2ccc(F)cc2)cc1OC. The molecule has 0 radical (unpaired) electrons. The Morgan fingerprint density at radius 1 is 0.892 bits per heavy atom. The minimum absolute atomic E-state index is 0.0527. The van der Waals surface area contributed by atoms with Gasteiger partial charge in [0.1, 0.15) is 12.4 Å². The molecule has 3 aromatic carbocycles. The predicted molar refractivity (Wildman–Crippen MR) is 139 cm³/mol. The summed E-state index contributed by atoms with van der Waals surface area (Å²) in [4.78, 5) is 12.8. The number of carbonyl (C=O) groups is 1. The zero-order chi connectivity index (χ0) is 27.4. The molecule has 0 heterocycles. The summed E-state index contributed by atoms with van der Waals surface area (Å²) in [7, 11) is -3.74. The standard InChI is InChI=1S/C24H26FN3O7S2/c1-27(36(4,30)31)20-7-5-6-18(14-20)26-24(29)16-28(19-10-8-17(25)9-11-19)37(32,33)21-12-13-22(34-2)23(15-21)35-3/h5-15H,16H2,1-4H3,(H,26,29). The number of sulfonamides is 2. The van der Waals surface area contributed by atoms with Crippen LogP contribution in [0.1, 0.15) is 0 Å². The van der Waals surface area contributed by atoms with E-state index in [0.717, 1.165) is 27.0 Å². The molecule has 3 rings (SSSR count). The highest BCUT2D eigenvalue weighted by molar-refractivity contribution is 7.93. The van der Waals surface area contributed by atoms with Gasteiger partial charge in [0.25, 0.3) is 10.0 Å². The summed E-state index contributed by atoms with van der Waals surface area (Å²) >= 11 is 0. The van der Waals surface area contributed by atoms with Crippen molar-refractivity contribution in [3.63, 3.8) is 0 Å². The smallest absolute Gasteiger partial charge is 0.264 e. The second-order valence-electron chi connectivity index (χ2n) is 7.83.